The fourth-order valence-corrected chi connectivity index (χ4v) is 3.10. The number of benzene rings is 2. The smallest absolute Gasteiger partial charge is 0.251 e. The SMILES string of the molecule is O=C(NCCc1ccc(Cl)cc1)c1cccc(CN2CCCC2=O)c1. The lowest BCUT2D eigenvalue weighted by Crippen LogP contribution is -2.26. The summed E-state index contributed by atoms with van der Waals surface area (Å²) in [6.07, 6.45) is 2.31. The molecule has 0 unspecified atom stereocenters. The Balaban J connectivity index is 1.53. The van der Waals surface area contributed by atoms with Gasteiger partial charge in [0.05, 0.1) is 0 Å². The van der Waals surface area contributed by atoms with Crippen LogP contribution < -0.4 is 5.32 Å². The Morgan fingerprint density at radius 2 is 1.92 bits per heavy atom. The predicted octanol–water partition coefficient (Wildman–Crippen LogP) is 3.43. The van der Waals surface area contributed by atoms with E-state index in [9.17, 15) is 9.59 Å². The molecule has 3 rings (SSSR count). The van der Waals surface area contributed by atoms with Crippen LogP contribution in [-0.2, 0) is 17.8 Å². The lowest BCUT2D eigenvalue weighted by atomic mass is 10.1. The lowest BCUT2D eigenvalue weighted by molar-refractivity contribution is -0.128. The second-order valence-electron chi connectivity index (χ2n) is 6.25. The number of hydrogen-bond acceptors (Lipinski definition) is 2. The van der Waals surface area contributed by atoms with Gasteiger partial charge in [0, 0.05) is 36.6 Å². The first kappa shape index (κ1) is 17.5. The Hall–Kier alpha value is -2.33. The van der Waals surface area contributed by atoms with Crippen molar-refractivity contribution in [3.63, 3.8) is 0 Å². The van der Waals surface area contributed by atoms with Crippen LogP contribution in [0.5, 0.6) is 0 Å². The van der Waals surface area contributed by atoms with E-state index in [4.69, 9.17) is 11.6 Å². The molecule has 5 heteroatoms. The molecule has 1 heterocycles. The van der Waals surface area contributed by atoms with E-state index < -0.39 is 0 Å². The van der Waals surface area contributed by atoms with Crippen molar-refractivity contribution in [2.24, 2.45) is 0 Å². The number of hydrogen-bond donors (Lipinski definition) is 1. The van der Waals surface area contributed by atoms with E-state index in [1.807, 2.05) is 47.4 Å². The van der Waals surface area contributed by atoms with Crippen LogP contribution in [0.3, 0.4) is 0 Å². The third-order valence-electron chi connectivity index (χ3n) is 4.35. The molecule has 1 saturated heterocycles. The highest BCUT2D eigenvalue weighted by Crippen LogP contribution is 2.15. The van der Waals surface area contributed by atoms with Crippen LogP contribution in [0.25, 0.3) is 0 Å². The fraction of sp³-hybridized carbons (Fsp3) is 0.300. The number of halogens is 1. The second kappa shape index (κ2) is 8.17. The summed E-state index contributed by atoms with van der Waals surface area (Å²) in [7, 11) is 0. The standard InChI is InChI=1S/C20H21ClN2O2/c21-18-8-6-15(7-9-18)10-11-22-20(25)17-4-1-3-16(13-17)14-23-12-2-5-19(23)24/h1,3-4,6-9,13H,2,5,10-12,14H2,(H,22,25). The number of carbonyl (C=O) groups is 2. The van der Waals surface area contributed by atoms with E-state index in [1.54, 1.807) is 6.07 Å². The first-order valence-corrected chi connectivity index (χ1v) is 8.89. The minimum absolute atomic E-state index is 0.0939. The van der Waals surface area contributed by atoms with Gasteiger partial charge in [0.2, 0.25) is 5.91 Å². The van der Waals surface area contributed by atoms with Gasteiger partial charge in [-0.3, -0.25) is 9.59 Å². The Labute approximate surface area is 152 Å². The molecule has 1 N–H and O–H groups in total. The van der Waals surface area contributed by atoms with Crippen LogP contribution in [0.4, 0.5) is 0 Å². The van der Waals surface area contributed by atoms with Gasteiger partial charge in [0.1, 0.15) is 0 Å². The summed E-state index contributed by atoms with van der Waals surface area (Å²) < 4.78 is 0. The van der Waals surface area contributed by atoms with Gasteiger partial charge in [0.15, 0.2) is 0 Å². The van der Waals surface area contributed by atoms with Gasteiger partial charge in [-0.15, -0.1) is 0 Å². The van der Waals surface area contributed by atoms with Crippen molar-refractivity contribution in [3.05, 3.63) is 70.2 Å². The van der Waals surface area contributed by atoms with Gasteiger partial charge in [-0.25, -0.2) is 0 Å². The maximum Gasteiger partial charge on any atom is 0.251 e. The summed E-state index contributed by atoms with van der Waals surface area (Å²) >= 11 is 5.87. The second-order valence-corrected chi connectivity index (χ2v) is 6.69. The van der Waals surface area contributed by atoms with Crippen molar-refractivity contribution in [2.75, 3.05) is 13.1 Å². The highest BCUT2D eigenvalue weighted by molar-refractivity contribution is 6.30. The molecule has 2 amide bonds. The molecule has 0 bridgehead atoms. The normalized spacial score (nSPS) is 14.0. The van der Waals surface area contributed by atoms with Crippen molar-refractivity contribution in [2.45, 2.75) is 25.8 Å². The zero-order valence-corrected chi connectivity index (χ0v) is 14.8. The summed E-state index contributed by atoms with van der Waals surface area (Å²) in [6, 6.07) is 15.1. The summed E-state index contributed by atoms with van der Waals surface area (Å²) in [5.74, 6) is 0.0985. The third kappa shape index (κ3) is 4.83. The monoisotopic (exact) mass is 356 g/mol. The molecule has 0 radical (unpaired) electrons. The molecule has 0 atom stereocenters. The molecule has 0 saturated carbocycles. The van der Waals surface area contributed by atoms with Gasteiger partial charge in [-0.05, 0) is 48.2 Å². The van der Waals surface area contributed by atoms with Crippen LogP contribution in [-0.4, -0.2) is 29.8 Å². The molecule has 2 aromatic rings. The van der Waals surface area contributed by atoms with E-state index >= 15 is 0 Å². The molecule has 0 aromatic heterocycles. The number of amides is 2. The molecule has 1 aliphatic rings. The number of nitrogens with one attached hydrogen (secondary N) is 1. The number of nitrogens with zero attached hydrogens (tertiary/aromatic N) is 1. The van der Waals surface area contributed by atoms with Gasteiger partial charge in [-0.2, -0.15) is 0 Å². The van der Waals surface area contributed by atoms with Gasteiger partial charge < -0.3 is 10.2 Å². The van der Waals surface area contributed by atoms with Crippen molar-refractivity contribution >= 4 is 23.4 Å². The van der Waals surface area contributed by atoms with Crippen LogP contribution in [0.15, 0.2) is 48.5 Å². The highest BCUT2D eigenvalue weighted by atomic mass is 35.5. The average Bonchev–Trinajstić information content (AvgIpc) is 3.01. The summed E-state index contributed by atoms with van der Waals surface area (Å²) in [5.41, 5.74) is 2.74. The van der Waals surface area contributed by atoms with Gasteiger partial charge in [0.25, 0.3) is 5.91 Å². The van der Waals surface area contributed by atoms with Crippen LogP contribution in [0.2, 0.25) is 5.02 Å². The quantitative estimate of drug-likeness (QED) is 0.862. The zero-order valence-electron chi connectivity index (χ0n) is 14.0. The fourth-order valence-electron chi connectivity index (χ4n) is 2.98. The maximum absolute atomic E-state index is 12.3. The van der Waals surface area contributed by atoms with Crippen LogP contribution in [0, 0.1) is 0 Å². The van der Waals surface area contributed by atoms with Gasteiger partial charge in [-0.1, -0.05) is 35.9 Å². The topological polar surface area (TPSA) is 49.4 Å². The number of likely N-dealkylation sites (tertiary alicyclic amines) is 1. The van der Waals surface area contributed by atoms with Crippen molar-refractivity contribution in [3.8, 4) is 0 Å². The first-order chi connectivity index (χ1) is 12.1. The van der Waals surface area contributed by atoms with Crippen molar-refractivity contribution < 1.29 is 9.59 Å². The van der Waals surface area contributed by atoms with E-state index in [0.29, 0.717) is 30.1 Å². The highest BCUT2D eigenvalue weighted by Gasteiger charge is 2.20. The zero-order chi connectivity index (χ0) is 17.6. The van der Waals surface area contributed by atoms with Crippen LogP contribution >= 0.6 is 11.6 Å². The molecule has 0 spiro atoms. The van der Waals surface area contributed by atoms with Crippen LogP contribution in [0.1, 0.15) is 34.3 Å². The lowest BCUT2D eigenvalue weighted by Gasteiger charge is -2.16. The molecule has 1 aliphatic heterocycles. The molecule has 25 heavy (non-hydrogen) atoms. The maximum atomic E-state index is 12.3. The van der Waals surface area contributed by atoms with Gasteiger partial charge >= 0.3 is 0 Å². The summed E-state index contributed by atoms with van der Waals surface area (Å²) in [5, 5.41) is 3.65. The Morgan fingerprint density at radius 1 is 1.12 bits per heavy atom. The molecule has 1 fully saturated rings. The average molecular weight is 357 g/mol. The molecule has 0 aliphatic carbocycles. The molecule has 4 nitrogen and oxygen atoms in total. The molecule has 130 valence electrons. The Bertz CT molecular complexity index is 759. The van der Waals surface area contributed by atoms with E-state index in [0.717, 1.165) is 30.5 Å². The number of carbonyl (C=O) groups excluding carboxylic acids is 2. The number of rotatable bonds is 6. The molecule has 2 aromatic carbocycles. The van der Waals surface area contributed by atoms with Crippen molar-refractivity contribution in [1.82, 2.24) is 10.2 Å². The predicted molar refractivity (Wildman–Crippen MR) is 98.6 cm³/mol. The van der Waals surface area contributed by atoms with E-state index in [-0.39, 0.29) is 11.8 Å². The van der Waals surface area contributed by atoms with E-state index in [2.05, 4.69) is 5.32 Å². The van der Waals surface area contributed by atoms with E-state index in [1.165, 1.54) is 0 Å². The molecular formula is C20H21ClN2O2. The third-order valence-corrected chi connectivity index (χ3v) is 4.60. The Morgan fingerprint density at radius 3 is 2.64 bits per heavy atom. The molecular weight excluding hydrogens is 336 g/mol. The first-order valence-electron chi connectivity index (χ1n) is 8.51. The Kier molecular flexibility index (Phi) is 5.71. The van der Waals surface area contributed by atoms with Crippen molar-refractivity contribution in [1.29, 1.82) is 0 Å². The minimum Gasteiger partial charge on any atom is -0.352 e. The summed E-state index contributed by atoms with van der Waals surface area (Å²) in [4.78, 5) is 25.9. The summed E-state index contributed by atoms with van der Waals surface area (Å²) in [6.45, 7) is 1.94. The largest absolute Gasteiger partial charge is 0.352 e. The minimum atomic E-state index is -0.0939.